The highest BCUT2D eigenvalue weighted by molar-refractivity contribution is 5.76. The van der Waals surface area contributed by atoms with Crippen LogP contribution in [0.25, 0.3) is 5.76 Å². The zero-order valence-corrected chi connectivity index (χ0v) is 15.5. The monoisotopic (exact) mass is 336 g/mol. The molecule has 132 valence electrons. The normalized spacial score (nSPS) is 11.4. The van der Waals surface area contributed by atoms with Gasteiger partial charge in [-0.15, -0.1) is 0 Å². The van der Waals surface area contributed by atoms with Crippen molar-refractivity contribution in [1.29, 1.82) is 0 Å². The molecule has 0 unspecified atom stereocenters. The van der Waals surface area contributed by atoms with Gasteiger partial charge in [0.25, 0.3) is 0 Å². The van der Waals surface area contributed by atoms with E-state index < -0.39 is 0 Å². The first kappa shape index (κ1) is 19.0. The number of rotatable bonds is 8. The van der Waals surface area contributed by atoms with Crippen molar-refractivity contribution in [1.82, 2.24) is 0 Å². The van der Waals surface area contributed by atoms with Crippen LogP contribution in [0.4, 0.5) is 0 Å². The zero-order valence-electron chi connectivity index (χ0n) is 15.5. The summed E-state index contributed by atoms with van der Waals surface area (Å²) in [6, 6.07) is 16.9. The van der Waals surface area contributed by atoms with Crippen LogP contribution in [-0.4, -0.2) is 5.97 Å². The summed E-state index contributed by atoms with van der Waals surface area (Å²) in [6.45, 7) is 5.80. The van der Waals surface area contributed by atoms with Crippen LogP contribution in [0.3, 0.4) is 0 Å². The van der Waals surface area contributed by atoms with Crippen LogP contribution < -0.4 is 0 Å². The summed E-state index contributed by atoms with van der Waals surface area (Å²) in [7, 11) is 0. The first-order valence-electron chi connectivity index (χ1n) is 9.18. The Labute approximate surface area is 151 Å². The number of benzene rings is 2. The molecular weight excluding hydrogens is 308 g/mol. The van der Waals surface area contributed by atoms with Gasteiger partial charge in [-0.1, -0.05) is 75.2 Å². The lowest BCUT2D eigenvalue weighted by Crippen LogP contribution is -1.99. The molecule has 0 aliphatic carbocycles. The third-order valence-electron chi connectivity index (χ3n) is 4.12. The van der Waals surface area contributed by atoms with Gasteiger partial charge < -0.3 is 4.74 Å². The van der Waals surface area contributed by atoms with Gasteiger partial charge in [-0.05, 0) is 42.0 Å². The molecule has 2 aromatic rings. The molecule has 0 N–H and O–H groups in total. The van der Waals surface area contributed by atoms with Crippen molar-refractivity contribution < 1.29 is 9.53 Å². The second kappa shape index (κ2) is 9.83. The molecule has 0 heterocycles. The van der Waals surface area contributed by atoms with E-state index in [9.17, 15) is 4.79 Å². The fourth-order valence-corrected chi connectivity index (χ4v) is 2.84. The van der Waals surface area contributed by atoms with Gasteiger partial charge in [0.2, 0.25) is 0 Å². The van der Waals surface area contributed by atoms with E-state index >= 15 is 0 Å². The number of hydrogen-bond donors (Lipinski definition) is 0. The van der Waals surface area contributed by atoms with Crippen molar-refractivity contribution in [2.24, 2.45) is 0 Å². The van der Waals surface area contributed by atoms with Crippen LogP contribution in [0.1, 0.15) is 55.9 Å². The summed E-state index contributed by atoms with van der Waals surface area (Å²) in [5, 5.41) is 0. The zero-order chi connectivity index (χ0) is 18.1. The molecule has 0 radical (unpaired) electrons. The van der Waals surface area contributed by atoms with Crippen LogP contribution in [-0.2, 0) is 28.8 Å². The summed E-state index contributed by atoms with van der Waals surface area (Å²) in [4.78, 5) is 11.5. The summed E-state index contributed by atoms with van der Waals surface area (Å²) in [5.41, 5.74) is 4.83. The average molecular weight is 336 g/mol. The molecule has 0 spiro atoms. The minimum atomic E-state index is -0.290. The van der Waals surface area contributed by atoms with Crippen molar-refractivity contribution in [2.45, 2.75) is 52.9 Å². The third kappa shape index (κ3) is 6.22. The average Bonchev–Trinajstić information content (AvgIpc) is 2.61. The van der Waals surface area contributed by atoms with Crippen LogP contribution >= 0.6 is 0 Å². The molecule has 0 aromatic heterocycles. The number of esters is 1. The summed E-state index contributed by atoms with van der Waals surface area (Å²) in [6.07, 6.45) is 7.19. The number of ether oxygens (including phenoxy) is 1. The maximum atomic E-state index is 11.5. The van der Waals surface area contributed by atoms with E-state index in [-0.39, 0.29) is 5.97 Å². The lowest BCUT2D eigenvalue weighted by molar-refractivity contribution is -0.134. The topological polar surface area (TPSA) is 26.3 Å². The number of aryl methyl sites for hydroxylation is 2. The quantitative estimate of drug-likeness (QED) is 0.454. The molecule has 0 atom stereocenters. The molecule has 2 heteroatoms. The first-order chi connectivity index (χ1) is 12.1. The van der Waals surface area contributed by atoms with Crippen molar-refractivity contribution in [3.8, 4) is 0 Å². The van der Waals surface area contributed by atoms with Gasteiger partial charge in [-0.25, -0.2) is 0 Å². The Kier molecular flexibility index (Phi) is 7.46. The smallest absolute Gasteiger partial charge is 0.308 e. The fourth-order valence-electron chi connectivity index (χ4n) is 2.84. The number of carbonyl (C=O) groups excluding carboxylic acids is 1. The second-order valence-electron chi connectivity index (χ2n) is 6.38. The molecule has 2 aromatic carbocycles. The molecule has 2 rings (SSSR count). The summed E-state index contributed by atoms with van der Waals surface area (Å²) in [5.74, 6) is 0.343. The Morgan fingerprint density at radius 2 is 1.32 bits per heavy atom. The van der Waals surface area contributed by atoms with Crippen molar-refractivity contribution in [3.05, 3.63) is 76.9 Å². The van der Waals surface area contributed by atoms with Crippen LogP contribution in [0.15, 0.2) is 54.6 Å². The van der Waals surface area contributed by atoms with Gasteiger partial charge in [-0.2, -0.15) is 0 Å². The Bertz CT molecular complexity index is 694. The molecule has 25 heavy (non-hydrogen) atoms. The Hall–Kier alpha value is -2.35. The molecule has 0 saturated carbocycles. The highest BCUT2D eigenvalue weighted by atomic mass is 16.5. The van der Waals surface area contributed by atoms with Gasteiger partial charge in [-0.3, -0.25) is 4.79 Å². The highest BCUT2D eigenvalue weighted by Gasteiger charge is 2.06. The molecule has 2 nitrogen and oxygen atoms in total. The first-order valence-corrected chi connectivity index (χ1v) is 9.18. The SMILES string of the molecule is CCCc1ccc(CC=C(OC(C)=O)c2ccc(CCC)cc2)cc1. The van der Waals surface area contributed by atoms with E-state index in [0.717, 1.165) is 37.7 Å². The van der Waals surface area contributed by atoms with Crippen LogP contribution in [0, 0.1) is 0 Å². The number of carbonyl (C=O) groups is 1. The number of allylic oxidation sites excluding steroid dienone is 1. The van der Waals surface area contributed by atoms with E-state index in [4.69, 9.17) is 4.74 Å². The lowest BCUT2D eigenvalue weighted by Gasteiger charge is -2.09. The summed E-state index contributed by atoms with van der Waals surface area (Å²) >= 11 is 0. The molecule has 0 aliphatic heterocycles. The highest BCUT2D eigenvalue weighted by Crippen LogP contribution is 2.19. The van der Waals surface area contributed by atoms with E-state index in [1.54, 1.807) is 0 Å². The maximum Gasteiger partial charge on any atom is 0.308 e. The largest absolute Gasteiger partial charge is 0.426 e. The van der Waals surface area contributed by atoms with Crippen LogP contribution in [0.2, 0.25) is 0 Å². The fraction of sp³-hybridized carbons (Fsp3) is 0.348. The Morgan fingerprint density at radius 3 is 1.80 bits per heavy atom. The van der Waals surface area contributed by atoms with E-state index in [1.165, 1.54) is 23.6 Å². The predicted octanol–water partition coefficient (Wildman–Crippen LogP) is 5.74. The third-order valence-corrected chi connectivity index (χ3v) is 4.12. The van der Waals surface area contributed by atoms with E-state index in [1.807, 2.05) is 18.2 Å². The number of hydrogen-bond acceptors (Lipinski definition) is 2. The van der Waals surface area contributed by atoms with E-state index in [2.05, 4.69) is 50.2 Å². The second-order valence-corrected chi connectivity index (χ2v) is 6.38. The minimum absolute atomic E-state index is 0.290. The minimum Gasteiger partial charge on any atom is -0.426 e. The Balaban J connectivity index is 2.15. The van der Waals surface area contributed by atoms with Gasteiger partial charge in [0.15, 0.2) is 0 Å². The Morgan fingerprint density at radius 1 is 0.840 bits per heavy atom. The van der Waals surface area contributed by atoms with Gasteiger partial charge >= 0.3 is 5.97 Å². The van der Waals surface area contributed by atoms with Crippen LogP contribution in [0.5, 0.6) is 0 Å². The van der Waals surface area contributed by atoms with Crippen molar-refractivity contribution >= 4 is 11.7 Å². The molecular formula is C23H28O2. The van der Waals surface area contributed by atoms with Crippen molar-refractivity contribution in [3.63, 3.8) is 0 Å². The molecule has 0 saturated heterocycles. The van der Waals surface area contributed by atoms with Gasteiger partial charge in [0.1, 0.15) is 5.76 Å². The molecule has 0 amide bonds. The lowest BCUT2D eigenvalue weighted by atomic mass is 10.0. The molecule has 0 bridgehead atoms. The van der Waals surface area contributed by atoms with Gasteiger partial charge in [0, 0.05) is 12.5 Å². The van der Waals surface area contributed by atoms with Crippen molar-refractivity contribution in [2.75, 3.05) is 0 Å². The maximum absolute atomic E-state index is 11.5. The molecule has 0 aliphatic rings. The van der Waals surface area contributed by atoms with Gasteiger partial charge in [0.05, 0.1) is 0 Å². The predicted molar refractivity (Wildman–Crippen MR) is 104 cm³/mol. The molecule has 0 fully saturated rings. The standard InChI is InChI=1S/C23H28O2/c1-4-6-19-8-10-21(11-9-19)14-17-23(25-18(3)24)22-15-12-20(7-5-2)13-16-22/h8-13,15-17H,4-7,14H2,1-3H3. The van der Waals surface area contributed by atoms with E-state index in [0.29, 0.717) is 5.76 Å². The summed E-state index contributed by atoms with van der Waals surface area (Å²) < 4.78 is 5.44.